The van der Waals surface area contributed by atoms with Gasteiger partial charge in [-0.05, 0) is 62.4 Å². The number of ether oxygens (including phenoxy) is 1. The minimum Gasteiger partial charge on any atom is -0.469 e. The lowest BCUT2D eigenvalue weighted by Gasteiger charge is -2.35. The number of hydrogen-bond donors (Lipinski definition) is 0. The molecule has 0 saturated heterocycles. The van der Waals surface area contributed by atoms with Crippen LogP contribution in [0.5, 0.6) is 0 Å². The second kappa shape index (κ2) is 10.3. The van der Waals surface area contributed by atoms with Gasteiger partial charge in [0.05, 0.1) is 23.3 Å². The van der Waals surface area contributed by atoms with Crippen LogP contribution in [-0.4, -0.2) is 18.7 Å². The average molecular weight is 474 g/mol. The van der Waals surface area contributed by atoms with E-state index in [9.17, 15) is 9.36 Å². The molecule has 2 atom stereocenters. The second-order valence-corrected chi connectivity index (χ2v) is 10.7. The van der Waals surface area contributed by atoms with Crippen LogP contribution < -0.4 is 10.6 Å². The van der Waals surface area contributed by atoms with Gasteiger partial charge in [0.15, 0.2) is 0 Å². The Morgan fingerprint density at radius 1 is 0.853 bits per heavy atom. The highest BCUT2D eigenvalue weighted by Gasteiger charge is 2.43. The van der Waals surface area contributed by atoms with Crippen molar-refractivity contribution in [2.75, 3.05) is 6.61 Å². The van der Waals surface area contributed by atoms with Crippen LogP contribution in [0.25, 0.3) is 0 Å². The standard InChI is InChI=1S/C28H27O5P/c1-22(33-34(30,24-15-8-4-9-16-24)25-17-10-5-11-18-25)28(2,26-19-12-20-31-26)21-32-27(29)23-13-6-3-7-14-23/h3-20,22H,21H2,1-2H3. The molecule has 0 spiro atoms. The lowest BCUT2D eigenvalue weighted by atomic mass is 9.83. The van der Waals surface area contributed by atoms with Crippen molar-refractivity contribution >= 4 is 23.9 Å². The van der Waals surface area contributed by atoms with Crippen LogP contribution in [0, 0.1) is 0 Å². The van der Waals surface area contributed by atoms with Gasteiger partial charge in [-0.25, -0.2) is 4.79 Å². The molecule has 6 heteroatoms. The van der Waals surface area contributed by atoms with Crippen LogP contribution in [0.2, 0.25) is 0 Å². The van der Waals surface area contributed by atoms with E-state index in [4.69, 9.17) is 13.7 Å². The molecule has 2 unspecified atom stereocenters. The first-order chi connectivity index (χ1) is 16.4. The molecule has 0 aliphatic heterocycles. The fraction of sp³-hybridized carbons (Fsp3) is 0.179. The fourth-order valence-electron chi connectivity index (χ4n) is 3.72. The van der Waals surface area contributed by atoms with Crippen molar-refractivity contribution in [3.63, 3.8) is 0 Å². The maximum Gasteiger partial charge on any atom is 0.338 e. The summed E-state index contributed by atoms with van der Waals surface area (Å²) in [6.45, 7) is 3.70. The number of furan rings is 1. The Morgan fingerprint density at radius 2 is 1.38 bits per heavy atom. The number of carbonyl (C=O) groups is 1. The first-order valence-corrected chi connectivity index (χ1v) is 12.7. The molecule has 0 aliphatic rings. The SMILES string of the molecule is CC(OP(=O)(c1ccccc1)c1ccccc1)C(C)(COC(=O)c1ccccc1)c1ccco1. The van der Waals surface area contributed by atoms with Gasteiger partial charge in [-0.3, -0.25) is 4.57 Å². The lowest BCUT2D eigenvalue weighted by molar-refractivity contribution is 0.0201. The van der Waals surface area contributed by atoms with Crippen molar-refractivity contribution in [3.8, 4) is 0 Å². The maximum absolute atomic E-state index is 14.4. The van der Waals surface area contributed by atoms with Crippen LogP contribution >= 0.6 is 7.37 Å². The summed E-state index contributed by atoms with van der Waals surface area (Å²) < 4.78 is 32.3. The molecule has 4 aromatic rings. The van der Waals surface area contributed by atoms with Crippen molar-refractivity contribution in [3.05, 3.63) is 121 Å². The van der Waals surface area contributed by atoms with Crippen LogP contribution in [0.1, 0.15) is 30.0 Å². The van der Waals surface area contributed by atoms with Crippen LogP contribution in [-0.2, 0) is 19.2 Å². The Balaban J connectivity index is 1.66. The Bertz CT molecular complexity index is 1200. The second-order valence-electron chi connectivity index (χ2n) is 8.31. The quantitative estimate of drug-likeness (QED) is 0.229. The number of benzene rings is 3. The van der Waals surface area contributed by atoms with Crippen molar-refractivity contribution in [2.45, 2.75) is 25.4 Å². The highest BCUT2D eigenvalue weighted by Crippen LogP contribution is 2.49. The van der Waals surface area contributed by atoms with E-state index in [-0.39, 0.29) is 6.61 Å². The third kappa shape index (κ3) is 4.91. The van der Waals surface area contributed by atoms with Crippen molar-refractivity contribution in [1.82, 2.24) is 0 Å². The summed E-state index contributed by atoms with van der Waals surface area (Å²) >= 11 is 0. The first kappa shape index (κ1) is 23.7. The minimum absolute atomic E-state index is 0.0149. The van der Waals surface area contributed by atoms with E-state index in [1.807, 2.05) is 62.4 Å². The van der Waals surface area contributed by atoms with Gasteiger partial charge in [0.2, 0.25) is 0 Å². The molecule has 4 rings (SSSR count). The zero-order valence-electron chi connectivity index (χ0n) is 19.2. The molecule has 0 saturated carbocycles. The molecule has 1 heterocycles. The van der Waals surface area contributed by atoms with E-state index in [0.29, 0.717) is 21.9 Å². The number of hydrogen-bond acceptors (Lipinski definition) is 5. The molecule has 0 amide bonds. The molecular formula is C28H27O5P. The maximum atomic E-state index is 14.4. The highest BCUT2D eigenvalue weighted by molar-refractivity contribution is 7.74. The summed E-state index contributed by atoms with van der Waals surface area (Å²) in [7, 11) is -3.47. The van der Waals surface area contributed by atoms with Crippen molar-refractivity contribution in [2.24, 2.45) is 0 Å². The molecule has 0 aliphatic carbocycles. The zero-order chi connectivity index (χ0) is 24.0. The van der Waals surface area contributed by atoms with E-state index >= 15 is 0 Å². The first-order valence-electron chi connectivity index (χ1n) is 11.1. The molecule has 34 heavy (non-hydrogen) atoms. The summed E-state index contributed by atoms with van der Waals surface area (Å²) in [6.07, 6.45) is 0.932. The fourth-order valence-corrected chi connectivity index (χ4v) is 6.07. The molecule has 0 N–H and O–H groups in total. The van der Waals surface area contributed by atoms with Gasteiger partial charge < -0.3 is 13.7 Å². The van der Waals surface area contributed by atoms with E-state index in [0.717, 1.165) is 0 Å². The Hall–Kier alpha value is -3.40. The van der Waals surface area contributed by atoms with Gasteiger partial charge in [0, 0.05) is 10.6 Å². The molecule has 0 bridgehead atoms. The Labute approximate surface area is 199 Å². The van der Waals surface area contributed by atoms with Gasteiger partial charge in [0.25, 0.3) is 7.37 Å². The third-order valence-electron chi connectivity index (χ3n) is 5.99. The van der Waals surface area contributed by atoms with Crippen LogP contribution in [0.4, 0.5) is 0 Å². The van der Waals surface area contributed by atoms with E-state index in [1.54, 1.807) is 60.9 Å². The van der Waals surface area contributed by atoms with Crippen LogP contribution in [0.15, 0.2) is 114 Å². The van der Waals surface area contributed by atoms with Crippen molar-refractivity contribution < 1.29 is 23.0 Å². The molecule has 5 nitrogen and oxygen atoms in total. The van der Waals surface area contributed by atoms with E-state index < -0.39 is 24.9 Å². The predicted molar refractivity (Wildman–Crippen MR) is 133 cm³/mol. The van der Waals surface area contributed by atoms with Gasteiger partial charge in [-0.1, -0.05) is 54.6 Å². The Morgan fingerprint density at radius 3 is 1.88 bits per heavy atom. The average Bonchev–Trinajstić information content (AvgIpc) is 3.44. The Kier molecular flexibility index (Phi) is 7.16. The molecule has 1 aromatic heterocycles. The molecular weight excluding hydrogens is 447 g/mol. The molecule has 0 radical (unpaired) electrons. The summed E-state index contributed by atoms with van der Waals surface area (Å²) in [5.41, 5.74) is -0.440. The number of rotatable bonds is 9. The molecule has 0 fully saturated rings. The zero-order valence-corrected chi connectivity index (χ0v) is 20.1. The highest BCUT2D eigenvalue weighted by atomic mass is 31.2. The molecule has 174 valence electrons. The smallest absolute Gasteiger partial charge is 0.338 e. The largest absolute Gasteiger partial charge is 0.469 e. The van der Waals surface area contributed by atoms with E-state index in [2.05, 4.69) is 0 Å². The topological polar surface area (TPSA) is 65.7 Å². The summed E-state index contributed by atoms with van der Waals surface area (Å²) in [5, 5.41) is 1.19. The lowest BCUT2D eigenvalue weighted by Crippen LogP contribution is -2.42. The van der Waals surface area contributed by atoms with E-state index in [1.165, 1.54) is 0 Å². The third-order valence-corrected chi connectivity index (χ3v) is 8.56. The summed E-state index contributed by atoms with van der Waals surface area (Å²) in [6, 6.07) is 30.7. The molecule has 3 aromatic carbocycles. The predicted octanol–water partition coefficient (Wildman–Crippen LogP) is 5.73. The normalized spacial score (nSPS) is 14.2. The van der Waals surface area contributed by atoms with Gasteiger partial charge in [-0.2, -0.15) is 0 Å². The number of carbonyl (C=O) groups excluding carboxylic acids is 1. The monoisotopic (exact) mass is 474 g/mol. The van der Waals surface area contributed by atoms with Crippen molar-refractivity contribution in [1.29, 1.82) is 0 Å². The summed E-state index contributed by atoms with van der Waals surface area (Å²) in [5.74, 6) is 0.133. The minimum atomic E-state index is -3.47. The van der Waals surface area contributed by atoms with Gasteiger partial charge >= 0.3 is 5.97 Å². The van der Waals surface area contributed by atoms with Gasteiger partial charge in [0.1, 0.15) is 12.4 Å². The van der Waals surface area contributed by atoms with Crippen LogP contribution in [0.3, 0.4) is 0 Å². The summed E-state index contributed by atoms with van der Waals surface area (Å²) in [4.78, 5) is 12.7. The van der Waals surface area contributed by atoms with Gasteiger partial charge in [-0.15, -0.1) is 0 Å². The number of esters is 1.